The molecule has 22 heavy (non-hydrogen) atoms. The van der Waals surface area contributed by atoms with Gasteiger partial charge < -0.3 is 55.4 Å². The maximum absolute atomic E-state index is 2.18. The topological polar surface area (TPSA) is 73.0 Å². The van der Waals surface area contributed by atoms with E-state index in [9.17, 15) is 0 Å². The van der Waals surface area contributed by atoms with Crippen LogP contribution in [0.3, 0.4) is 0 Å². The van der Waals surface area contributed by atoms with Gasteiger partial charge >= 0.3 is 34.1 Å². The zero-order chi connectivity index (χ0) is 13.1. The van der Waals surface area contributed by atoms with E-state index in [1.807, 2.05) is 0 Å². The Kier molecular flexibility index (Phi) is 76.2. The van der Waals surface area contributed by atoms with Crippen LogP contribution in [0.4, 0.5) is 0 Å². The summed E-state index contributed by atoms with van der Waals surface area (Å²) in [5, 5.41) is 0. The Morgan fingerprint density at radius 2 is 0.500 bits per heavy atom. The van der Waals surface area contributed by atoms with Crippen molar-refractivity contribution in [2.45, 2.75) is 0 Å². The van der Waals surface area contributed by atoms with E-state index in [4.69, 9.17) is 0 Å². The van der Waals surface area contributed by atoms with E-state index >= 15 is 0 Å². The number of hydrogen-bond acceptors (Lipinski definition) is 6. The van der Waals surface area contributed by atoms with Gasteiger partial charge in [-0.1, -0.05) is 0 Å². The third kappa shape index (κ3) is 68.6. The van der Waals surface area contributed by atoms with E-state index in [2.05, 4.69) is 76.0 Å². The summed E-state index contributed by atoms with van der Waals surface area (Å²) in [6, 6.07) is 0. The van der Waals surface area contributed by atoms with Crippen molar-refractivity contribution >= 4 is 0 Å². The molecular formula is C12H34Cl2Cu2N4O2-2. The molecule has 0 amide bonds. The van der Waals surface area contributed by atoms with Crippen molar-refractivity contribution in [1.29, 1.82) is 0 Å². The quantitative estimate of drug-likeness (QED) is 0.365. The predicted octanol–water partition coefficient (Wildman–Crippen LogP) is -6.13. The molecule has 0 aliphatic rings. The molecule has 2 N–H and O–H groups in total. The van der Waals surface area contributed by atoms with Crippen molar-refractivity contribution < 1.29 is 69.9 Å². The van der Waals surface area contributed by atoms with E-state index in [1.54, 1.807) is 0 Å². The SMILES string of the molecule is CN(C)CCN(C)C.CN(C)CCN(C)C.[Cl-].[Cl-].[Cu+].[Cu+].[OH-].[OH-]. The van der Waals surface area contributed by atoms with Gasteiger partial charge in [0.1, 0.15) is 0 Å². The van der Waals surface area contributed by atoms with Crippen LogP contribution in [0.25, 0.3) is 0 Å². The van der Waals surface area contributed by atoms with Crippen molar-refractivity contribution in [3.05, 3.63) is 0 Å². The van der Waals surface area contributed by atoms with Gasteiger partial charge in [0.25, 0.3) is 0 Å². The number of nitrogens with zero attached hydrogens (tertiary/aromatic N) is 4. The molecule has 0 saturated heterocycles. The Labute approximate surface area is 171 Å². The molecule has 0 spiro atoms. The largest absolute Gasteiger partial charge is 1.00 e. The minimum Gasteiger partial charge on any atom is -1.00 e. The molecule has 10 heteroatoms. The average molecular weight is 464 g/mol. The third-order valence-corrected chi connectivity index (χ3v) is 1.99. The van der Waals surface area contributed by atoms with E-state index in [-0.39, 0.29) is 69.9 Å². The Balaban J connectivity index is -0.0000000233. The summed E-state index contributed by atoms with van der Waals surface area (Å²) in [5.74, 6) is 0. The summed E-state index contributed by atoms with van der Waals surface area (Å²) in [6.07, 6.45) is 0. The van der Waals surface area contributed by atoms with Crippen molar-refractivity contribution in [3.63, 3.8) is 0 Å². The van der Waals surface area contributed by atoms with E-state index in [0.29, 0.717) is 0 Å². The number of likely N-dealkylation sites (N-methyl/N-ethyl adjacent to an activating group) is 4. The van der Waals surface area contributed by atoms with Crippen LogP contribution in [0, 0.1) is 0 Å². The molecule has 0 saturated carbocycles. The second-order valence-corrected chi connectivity index (χ2v) is 5.21. The summed E-state index contributed by atoms with van der Waals surface area (Å²) in [7, 11) is 16.7. The Morgan fingerprint density at radius 3 is 0.545 bits per heavy atom. The number of rotatable bonds is 6. The molecule has 0 heterocycles. The van der Waals surface area contributed by atoms with Gasteiger partial charge in [-0.3, -0.25) is 0 Å². The standard InChI is InChI=1S/2C6H16N2.2ClH.2Cu.2H2O/c2*1-7(2)5-6-8(3)4;;;;;;/h2*5-6H2,1-4H3;2*1H;;;2*1H2/q;;;;2*+1;;/p-4. The predicted molar refractivity (Wildman–Crippen MR) is 78.1 cm³/mol. The van der Waals surface area contributed by atoms with E-state index in [1.165, 1.54) is 0 Å². The van der Waals surface area contributed by atoms with Gasteiger partial charge in [-0.05, 0) is 56.4 Å². The number of hydrogen-bond donors (Lipinski definition) is 0. The van der Waals surface area contributed by atoms with Crippen molar-refractivity contribution in [3.8, 4) is 0 Å². The zero-order valence-electron chi connectivity index (χ0n) is 14.9. The molecule has 0 rings (SSSR count). The van der Waals surface area contributed by atoms with Gasteiger partial charge in [0.15, 0.2) is 0 Å². The monoisotopic (exact) mass is 462 g/mol. The molecule has 0 aromatic carbocycles. The van der Waals surface area contributed by atoms with Crippen LogP contribution in [0.2, 0.25) is 0 Å². The molecule has 0 aromatic rings. The normalized spacial score (nSPS) is 8.18. The fourth-order valence-corrected chi connectivity index (χ4v) is 0.800. The van der Waals surface area contributed by atoms with Crippen LogP contribution in [0.15, 0.2) is 0 Å². The van der Waals surface area contributed by atoms with Gasteiger partial charge in [0, 0.05) is 26.2 Å². The van der Waals surface area contributed by atoms with Crippen LogP contribution in [-0.4, -0.2) is 113 Å². The molecule has 6 nitrogen and oxygen atoms in total. The van der Waals surface area contributed by atoms with E-state index in [0.717, 1.165) is 26.2 Å². The van der Waals surface area contributed by atoms with Crippen molar-refractivity contribution in [1.82, 2.24) is 19.6 Å². The fraction of sp³-hybridized carbons (Fsp3) is 1.00. The molecule has 152 valence electrons. The first-order valence-corrected chi connectivity index (χ1v) is 5.84. The summed E-state index contributed by atoms with van der Waals surface area (Å²) in [5.41, 5.74) is 0. The first-order valence-electron chi connectivity index (χ1n) is 5.84. The minimum atomic E-state index is 0. The van der Waals surface area contributed by atoms with Gasteiger partial charge in [-0.15, -0.1) is 0 Å². The van der Waals surface area contributed by atoms with Crippen LogP contribution in [-0.2, 0) is 34.1 Å². The van der Waals surface area contributed by atoms with Crippen molar-refractivity contribution in [2.24, 2.45) is 0 Å². The maximum atomic E-state index is 2.18. The molecular weight excluding hydrogens is 430 g/mol. The summed E-state index contributed by atoms with van der Waals surface area (Å²) in [6.45, 7) is 4.58. The Morgan fingerprint density at radius 1 is 0.409 bits per heavy atom. The van der Waals surface area contributed by atoms with Crippen LogP contribution in [0.1, 0.15) is 0 Å². The fourth-order valence-electron chi connectivity index (χ4n) is 0.800. The summed E-state index contributed by atoms with van der Waals surface area (Å²) < 4.78 is 0. The van der Waals surface area contributed by atoms with Gasteiger partial charge in [-0.25, -0.2) is 0 Å². The van der Waals surface area contributed by atoms with Crippen LogP contribution < -0.4 is 24.8 Å². The van der Waals surface area contributed by atoms with Gasteiger partial charge in [0.2, 0.25) is 0 Å². The zero-order valence-corrected chi connectivity index (χ0v) is 18.3. The first kappa shape index (κ1) is 49.5. The second-order valence-electron chi connectivity index (χ2n) is 5.21. The molecule has 0 radical (unpaired) electrons. The van der Waals surface area contributed by atoms with E-state index < -0.39 is 0 Å². The first-order chi connectivity index (χ1) is 7.25. The second kappa shape index (κ2) is 33.9. The Bertz CT molecular complexity index is 129. The number of halogens is 2. The molecule has 0 unspecified atom stereocenters. The maximum Gasteiger partial charge on any atom is 1.00 e. The summed E-state index contributed by atoms with van der Waals surface area (Å²) >= 11 is 0. The minimum absolute atomic E-state index is 0. The van der Waals surface area contributed by atoms with Gasteiger partial charge in [0.05, 0.1) is 0 Å². The Hall–Kier alpha value is 1.38. The average Bonchev–Trinajstić information content (AvgIpc) is 2.12. The summed E-state index contributed by atoms with van der Waals surface area (Å²) in [4.78, 5) is 8.72. The molecule has 0 aromatic heterocycles. The van der Waals surface area contributed by atoms with Gasteiger partial charge in [-0.2, -0.15) is 0 Å². The third-order valence-electron chi connectivity index (χ3n) is 1.99. The van der Waals surface area contributed by atoms with Crippen LogP contribution >= 0.6 is 0 Å². The molecule has 0 bridgehead atoms. The molecule has 0 atom stereocenters. The molecule has 0 aliphatic heterocycles. The van der Waals surface area contributed by atoms with Crippen LogP contribution in [0.5, 0.6) is 0 Å². The molecule has 0 fully saturated rings. The van der Waals surface area contributed by atoms with Crippen molar-refractivity contribution in [2.75, 3.05) is 82.6 Å². The molecule has 0 aliphatic carbocycles. The smallest absolute Gasteiger partial charge is 1.00 e.